The highest BCUT2D eigenvalue weighted by Gasteiger charge is 2.31. The highest BCUT2D eigenvalue weighted by atomic mass is 19.1. The largest absolute Gasteiger partial charge is 0.480 e. The monoisotopic (exact) mass is 349 g/mol. The van der Waals surface area contributed by atoms with Crippen LogP contribution in [-0.2, 0) is 9.59 Å². The maximum absolute atomic E-state index is 13.0. The number of carbonyl (C=O) groups excluding carboxylic acids is 1. The molecule has 25 heavy (non-hydrogen) atoms. The Morgan fingerprint density at radius 3 is 2.36 bits per heavy atom. The SMILES string of the molecule is O=C(O)C1CCCCN1CC(=O)N1CCN(c2ccc(F)cc2)CC1. The van der Waals surface area contributed by atoms with Gasteiger partial charge < -0.3 is 14.9 Å². The topological polar surface area (TPSA) is 64.1 Å². The van der Waals surface area contributed by atoms with E-state index >= 15 is 0 Å². The number of nitrogens with zero attached hydrogens (tertiary/aromatic N) is 3. The van der Waals surface area contributed by atoms with Crippen LogP contribution in [0.15, 0.2) is 24.3 Å². The second kappa shape index (κ2) is 7.82. The van der Waals surface area contributed by atoms with E-state index in [2.05, 4.69) is 4.90 Å². The smallest absolute Gasteiger partial charge is 0.320 e. The molecule has 2 aliphatic rings. The molecule has 1 aromatic rings. The van der Waals surface area contributed by atoms with Crippen LogP contribution in [-0.4, -0.2) is 72.1 Å². The van der Waals surface area contributed by atoms with Gasteiger partial charge in [0.25, 0.3) is 0 Å². The molecule has 1 unspecified atom stereocenters. The van der Waals surface area contributed by atoms with Gasteiger partial charge in [0.15, 0.2) is 0 Å². The number of carbonyl (C=O) groups is 2. The third-order valence-electron chi connectivity index (χ3n) is 5.06. The molecule has 2 aliphatic heterocycles. The van der Waals surface area contributed by atoms with E-state index in [4.69, 9.17) is 0 Å². The molecule has 0 radical (unpaired) electrons. The lowest BCUT2D eigenvalue weighted by Gasteiger charge is -2.38. The van der Waals surface area contributed by atoms with E-state index in [1.165, 1.54) is 12.1 Å². The second-order valence-corrected chi connectivity index (χ2v) is 6.66. The fraction of sp³-hybridized carbons (Fsp3) is 0.556. The summed E-state index contributed by atoms with van der Waals surface area (Å²) < 4.78 is 13.0. The lowest BCUT2D eigenvalue weighted by atomic mass is 10.0. The van der Waals surface area contributed by atoms with Crippen LogP contribution in [0.4, 0.5) is 10.1 Å². The third kappa shape index (κ3) is 4.28. The van der Waals surface area contributed by atoms with E-state index in [-0.39, 0.29) is 18.3 Å². The first kappa shape index (κ1) is 17.7. The molecule has 1 aromatic carbocycles. The predicted octanol–water partition coefficient (Wildman–Crippen LogP) is 1.41. The van der Waals surface area contributed by atoms with Crippen molar-refractivity contribution < 1.29 is 19.1 Å². The number of hydrogen-bond donors (Lipinski definition) is 1. The van der Waals surface area contributed by atoms with Gasteiger partial charge in [0.1, 0.15) is 11.9 Å². The zero-order valence-corrected chi connectivity index (χ0v) is 14.2. The normalized spacial score (nSPS) is 22.0. The number of carboxylic acid groups (broad SMARTS) is 1. The Labute approximate surface area is 146 Å². The van der Waals surface area contributed by atoms with Crippen LogP contribution in [0.25, 0.3) is 0 Å². The molecule has 136 valence electrons. The number of hydrogen-bond acceptors (Lipinski definition) is 4. The summed E-state index contributed by atoms with van der Waals surface area (Å²) in [5, 5.41) is 9.31. The van der Waals surface area contributed by atoms with Crippen LogP contribution in [0.1, 0.15) is 19.3 Å². The number of anilines is 1. The van der Waals surface area contributed by atoms with E-state index in [1.54, 1.807) is 21.9 Å². The van der Waals surface area contributed by atoms with Crippen LogP contribution >= 0.6 is 0 Å². The molecule has 1 atom stereocenters. The summed E-state index contributed by atoms with van der Waals surface area (Å²) in [5.41, 5.74) is 0.954. The lowest BCUT2D eigenvalue weighted by molar-refractivity contribution is -0.146. The third-order valence-corrected chi connectivity index (χ3v) is 5.06. The fourth-order valence-corrected chi connectivity index (χ4v) is 3.60. The Bertz CT molecular complexity index is 614. The molecular weight excluding hydrogens is 325 g/mol. The van der Waals surface area contributed by atoms with Crippen LogP contribution in [0.5, 0.6) is 0 Å². The zero-order valence-electron chi connectivity index (χ0n) is 14.2. The number of piperidine rings is 1. The molecule has 0 aromatic heterocycles. The van der Waals surface area contributed by atoms with Gasteiger partial charge in [-0.3, -0.25) is 14.5 Å². The van der Waals surface area contributed by atoms with Crippen LogP contribution in [0.2, 0.25) is 0 Å². The molecule has 2 saturated heterocycles. The van der Waals surface area contributed by atoms with Crippen LogP contribution < -0.4 is 4.90 Å². The van der Waals surface area contributed by atoms with Crippen molar-refractivity contribution in [3.05, 3.63) is 30.1 Å². The van der Waals surface area contributed by atoms with Gasteiger partial charge in [0, 0.05) is 31.9 Å². The van der Waals surface area contributed by atoms with Crippen molar-refractivity contribution in [1.29, 1.82) is 0 Å². The van der Waals surface area contributed by atoms with Crippen molar-refractivity contribution in [3.63, 3.8) is 0 Å². The zero-order chi connectivity index (χ0) is 17.8. The molecule has 0 spiro atoms. The van der Waals surface area contributed by atoms with Crippen molar-refractivity contribution in [1.82, 2.24) is 9.80 Å². The number of halogens is 1. The van der Waals surface area contributed by atoms with Gasteiger partial charge in [0.2, 0.25) is 5.91 Å². The molecule has 1 N–H and O–H groups in total. The van der Waals surface area contributed by atoms with E-state index in [0.29, 0.717) is 39.1 Å². The summed E-state index contributed by atoms with van der Waals surface area (Å²) in [7, 11) is 0. The maximum Gasteiger partial charge on any atom is 0.320 e. The standard InChI is InChI=1S/C18H24FN3O3/c19-14-4-6-15(7-5-14)20-9-11-21(12-10-20)17(23)13-22-8-2-1-3-16(22)18(24)25/h4-7,16H,1-3,8-13H2,(H,24,25). The fourth-order valence-electron chi connectivity index (χ4n) is 3.60. The van der Waals surface area contributed by atoms with Crippen molar-refractivity contribution >= 4 is 17.6 Å². The number of aliphatic carboxylic acids is 1. The van der Waals surface area contributed by atoms with Gasteiger partial charge in [-0.2, -0.15) is 0 Å². The second-order valence-electron chi connectivity index (χ2n) is 6.66. The molecule has 0 aliphatic carbocycles. The van der Waals surface area contributed by atoms with Gasteiger partial charge >= 0.3 is 5.97 Å². The Morgan fingerprint density at radius 2 is 1.72 bits per heavy atom. The summed E-state index contributed by atoms with van der Waals surface area (Å²) in [6.45, 7) is 3.43. The Kier molecular flexibility index (Phi) is 5.53. The minimum absolute atomic E-state index is 0.00749. The molecule has 3 rings (SSSR count). The van der Waals surface area contributed by atoms with E-state index in [0.717, 1.165) is 18.5 Å². The van der Waals surface area contributed by atoms with Gasteiger partial charge in [0.05, 0.1) is 6.54 Å². The van der Waals surface area contributed by atoms with Crippen molar-refractivity contribution in [2.75, 3.05) is 44.2 Å². The average molecular weight is 349 g/mol. The molecule has 0 saturated carbocycles. The minimum atomic E-state index is -0.839. The molecule has 6 nitrogen and oxygen atoms in total. The van der Waals surface area contributed by atoms with Crippen molar-refractivity contribution in [2.24, 2.45) is 0 Å². The van der Waals surface area contributed by atoms with Gasteiger partial charge in [-0.25, -0.2) is 4.39 Å². The van der Waals surface area contributed by atoms with Gasteiger partial charge in [-0.1, -0.05) is 6.42 Å². The highest BCUT2D eigenvalue weighted by molar-refractivity contribution is 5.80. The maximum atomic E-state index is 13.0. The average Bonchev–Trinajstić information content (AvgIpc) is 2.63. The number of likely N-dealkylation sites (tertiary alicyclic amines) is 1. The summed E-state index contributed by atoms with van der Waals surface area (Å²) in [5.74, 6) is -1.10. The first-order valence-corrected chi connectivity index (χ1v) is 8.80. The lowest BCUT2D eigenvalue weighted by Crippen LogP contribution is -2.54. The van der Waals surface area contributed by atoms with E-state index in [9.17, 15) is 19.1 Å². The van der Waals surface area contributed by atoms with Gasteiger partial charge in [-0.15, -0.1) is 0 Å². The first-order valence-electron chi connectivity index (χ1n) is 8.80. The summed E-state index contributed by atoms with van der Waals surface area (Å²) in [4.78, 5) is 29.6. The highest BCUT2D eigenvalue weighted by Crippen LogP contribution is 2.19. The van der Waals surface area contributed by atoms with Gasteiger partial charge in [-0.05, 0) is 43.7 Å². The molecule has 2 fully saturated rings. The minimum Gasteiger partial charge on any atom is -0.480 e. The number of rotatable bonds is 4. The number of piperazine rings is 1. The number of benzene rings is 1. The summed E-state index contributed by atoms with van der Waals surface area (Å²) in [6.07, 6.45) is 2.45. The van der Waals surface area contributed by atoms with E-state index < -0.39 is 12.0 Å². The van der Waals surface area contributed by atoms with Crippen molar-refractivity contribution in [3.8, 4) is 0 Å². The summed E-state index contributed by atoms with van der Waals surface area (Å²) in [6, 6.07) is 5.83. The Balaban J connectivity index is 1.52. The number of carboxylic acids is 1. The predicted molar refractivity (Wildman–Crippen MR) is 92.0 cm³/mol. The van der Waals surface area contributed by atoms with Crippen LogP contribution in [0.3, 0.4) is 0 Å². The first-order chi connectivity index (χ1) is 12.0. The molecule has 2 heterocycles. The van der Waals surface area contributed by atoms with Crippen molar-refractivity contribution in [2.45, 2.75) is 25.3 Å². The molecular formula is C18H24FN3O3. The molecule has 1 amide bonds. The molecule has 7 heteroatoms. The van der Waals surface area contributed by atoms with E-state index in [1.807, 2.05) is 0 Å². The Morgan fingerprint density at radius 1 is 1.04 bits per heavy atom. The Hall–Kier alpha value is -2.15. The molecule has 0 bridgehead atoms. The number of amides is 1. The van der Waals surface area contributed by atoms with Crippen LogP contribution in [0, 0.1) is 5.82 Å². The summed E-state index contributed by atoms with van der Waals surface area (Å²) >= 11 is 0. The quantitative estimate of drug-likeness (QED) is 0.891.